The molecule has 3 rings (SSSR count). The monoisotopic (exact) mass is 324 g/mol. The van der Waals surface area contributed by atoms with Gasteiger partial charge in [-0.25, -0.2) is 14.4 Å². The molecule has 0 unspecified atom stereocenters. The molecular formula is C19H21FN4. The number of aromatic nitrogens is 2. The van der Waals surface area contributed by atoms with Gasteiger partial charge in [-0.1, -0.05) is 30.3 Å². The number of anilines is 1. The Morgan fingerprint density at radius 1 is 1.08 bits per heavy atom. The van der Waals surface area contributed by atoms with E-state index in [1.54, 1.807) is 6.07 Å². The molecule has 0 fully saturated rings. The quantitative estimate of drug-likeness (QED) is 0.673. The first-order valence-corrected chi connectivity index (χ1v) is 8.09. The van der Waals surface area contributed by atoms with Gasteiger partial charge in [-0.3, -0.25) is 0 Å². The molecule has 24 heavy (non-hydrogen) atoms. The molecule has 1 heterocycles. The van der Waals surface area contributed by atoms with Crippen LogP contribution in [0.4, 0.5) is 10.2 Å². The van der Waals surface area contributed by atoms with Crippen molar-refractivity contribution in [2.24, 2.45) is 0 Å². The average molecular weight is 324 g/mol. The summed E-state index contributed by atoms with van der Waals surface area (Å²) in [4.78, 5) is 10.7. The zero-order chi connectivity index (χ0) is 16.8. The Labute approximate surface area is 141 Å². The van der Waals surface area contributed by atoms with Gasteiger partial charge >= 0.3 is 0 Å². The summed E-state index contributed by atoms with van der Waals surface area (Å²) in [5, 5.41) is 4.01. The second kappa shape index (κ2) is 7.84. The van der Waals surface area contributed by atoms with E-state index in [4.69, 9.17) is 0 Å². The van der Waals surface area contributed by atoms with Crippen molar-refractivity contribution in [1.29, 1.82) is 0 Å². The van der Waals surface area contributed by atoms with Gasteiger partial charge < -0.3 is 10.2 Å². The van der Waals surface area contributed by atoms with Crippen molar-refractivity contribution in [3.8, 4) is 0 Å². The number of hydrogen-bond donors (Lipinski definition) is 1. The van der Waals surface area contributed by atoms with Crippen molar-refractivity contribution in [2.75, 3.05) is 25.5 Å². The molecule has 0 amide bonds. The lowest BCUT2D eigenvalue weighted by Crippen LogP contribution is -2.21. The van der Waals surface area contributed by atoms with Gasteiger partial charge in [0, 0.05) is 18.5 Å². The highest BCUT2D eigenvalue weighted by Gasteiger charge is 2.05. The predicted molar refractivity (Wildman–Crippen MR) is 95.4 cm³/mol. The van der Waals surface area contributed by atoms with E-state index in [0.29, 0.717) is 5.82 Å². The molecule has 0 saturated carbocycles. The van der Waals surface area contributed by atoms with Gasteiger partial charge in [0.05, 0.1) is 5.52 Å². The smallest absolute Gasteiger partial charge is 0.137 e. The fourth-order valence-corrected chi connectivity index (χ4v) is 2.70. The Kier molecular flexibility index (Phi) is 5.33. The zero-order valence-corrected chi connectivity index (χ0v) is 13.7. The van der Waals surface area contributed by atoms with E-state index in [1.165, 1.54) is 24.0 Å². The molecule has 0 aliphatic rings. The van der Waals surface area contributed by atoms with Crippen LogP contribution in [0.1, 0.15) is 12.0 Å². The first kappa shape index (κ1) is 16.3. The number of benzene rings is 2. The lowest BCUT2D eigenvalue weighted by Gasteiger charge is -2.17. The van der Waals surface area contributed by atoms with Crippen molar-refractivity contribution >= 4 is 16.7 Å². The van der Waals surface area contributed by atoms with Crippen molar-refractivity contribution < 1.29 is 4.39 Å². The van der Waals surface area contributed by atoms with Crippen molar-refractivity contribution in [3.63, 3.8) is 0 Å². The molecule has 0 spiro atoms. The summed E-state index contributed by atoms with van der Waals surface area (Å²) in [5.74, 6) is 0.410. The first-order chi connectivity index (χ1) is 11.7. The van der Waals surface area contributed by atoms with Crippen molar-refractivity contribution in [2.45, 2.75) is 13.0 Å². The minimum atomic E-state index is -0.275. The third-order valence-electron chi connectivity index (χ3n) is 3.90. The maximum Gasteiger partial charge on any atom is 0.137 e. The Bertz CT molecular complexity index is 792. The Hall–Kier alpha value is -2.53. The number of halogens is 1. The van der Waals surface area contributed by atoms with Crippen LogP contribution in [-0.4, -0.2) is 35.0 Å². The number of rotatable bonds is 7. The molecule has 4 nitrogen and oxygen atoms in total. The molecule has 2 aromatic carbocycles. The Morgan fingerprint density at radius 3 is 2.75 bits per heavy atom. The Balaban J connectivity index is 1.51. The third-order valence-corrected chi connectivity index (χ3v) is 3.90. The van der Waals surface area contributed by atoms with Gasteiger partial charge in [-0.05, 0) is 43.8 Å². The zero-order valence-electron chi connectivity index (χ0n) is 13.7. The summed E-state index contributed by atoms with van der Waals surface area (Å²) in [6, 6.07) is 15.0. The van der Waals surface area contributed by atoms with Crippen LogP contribution in [-0.2, 0) is 6.54 Å². The molecule has 1 aromatic heterocycles. The minimum Gasteiger partial charge on any atom is -0.369 e. The van der Waals surface area contributed by atoms with Gasteiger partial charge in [0.15, 0.2) is 0 Å². The van der Waals surface area contributed by atoms with Gasteiger partial charge in [0.1, 0.15) is 18.0 Å². The molecular weight excluding hydrogens is 303 g/mol. The van der Waals surface area contributed by atoms with E-state index in [0.717, 1.165) is 37.0 Å². The average Bonchev–Trinajstić information content (AvgIpc) is 2.60. The van der Waals surface area contributed by atoms with Crippen LogP contribution in [0, 0.1) is 5.82 Å². The van der Waals surface area contributed by atoms with E-state index >= 15 is 0 Å². The van der Waals surface area contributed by atoms with Crippen LogP contribution in [0.2, 0.25) is 0 Å². The summed E-state index contributed by atoms with van der Waals surface area (Å²) in [5.41, 5.74) is 2.06. The topological polar surface area (TPSA) is 41.0 Å². The molecule has 0 saturated heterocycles. The molecule has 0 radical (unpaired) electrons. The molecule has 1 N–H and O–H groups in total. The Morgan fingerprint density at radius 2 is 1.92 bits per heavy atom. The van der Waals surface area contributed by atoms with Crippen LogP contribution >= 0.6 is 0 Å². The van der Waals surface area contributed by atoms with Crippen LogP contribution in [0.3, 0.4) is 0 Å². The summed E-state index contributed by atoms with van der Waals surface area (Å²) in [6.45, 7) is 2.68. The van der Waals surface area contributed by atoms with Gasteiger partial charge in [-0.15, -0.1) is 0 Å². The van der Waals surface area contributed by atoms with Crippen LogP contribution in [0.25, 0.3) is 10.9 Å². The second-order valence-electron chi connectivity index (χ2n) is 5.89. The molecule has 0 atom stereocenters. The lowest BCUT2D eigenvalue weighted by molar-refractivity contribution is 0.325. The predicted octanol–water partition coefficient (Wildman–Crippen LogP) is 3.70. The van der Waals surface area contributed by atoms with E-state index in [9.17, 15) is 4.39 Å². The van der Waals surface area contributed by atoms with Gasteiger partial charge in [0.2, 0.25) is 0 Å². The summed E-state index contributed by atoms with van der Waals surface area (Å²) in [6.07, 6.45) is 2.48. The van der Waals surface area contributed by atoms with Crippen molar-refractivity contribution in [1.82, 2.24) is 14.9 Å². The molecule has 0 aliphatic carbocycles. The van der Waals surface area contributed by atoms with E-state index in [1.807, 2.05) is 6.07 Å². The lowest BCUT2D eigenvalue weighted by atomic mass is 10.2. The van der Waals surface area contributed by atoms with Gasteiger partial charge in [-0.2, -0.15) is 0 Å². The fourth-order valence-electron chi connectivity index (χ4n) is 2.70. The van der Waals surface area contributed by atoms with E-state index < -0.39 is 0 Å². The second-order valence-corrected chi connectivity index (χ2v) is 5.89. The number of hydrogen-bond acceptors (Lipinski definition) is 4. The fraction of sp³-hybridized carbons (Fsp3) is 0.263. The SMILES string of the molecule is CN(CCCNc1ncnc2ccc(F)cc12)Cc1ccccc1. The molecule has 5 heteroatoms. The standard InChI is InChI=1S/C19H21FN4/c1-24(13-15-6-3-2-4-7-15)11-5-10-21-19-17-12-16(20)8-9-18(17)22-14-23-19/h2-4,6-9,12,14H,5,10-11,13H2,1H3,(H,21,22,23). The van der Waals surface area contributed by atoms with Crippen molar-refractivity contribution in [3.05, 3.63) is 66.2 Å². The number of nitrogens with one attached hydrogen (secondary N) is 1. The molecule has 3 aromatic rings. The first-order valence-electron chi connectivity index (χ1n) is 8.09. The van der Waals surface area contributed by atoms with Crippen LogP contribution in [0.5, 0.6) is 0 Å². The summed E-state index contributed by atoms with van der Waals surface area (Å²) in [7, 11) is 2.11. The number of nitrogens with zero attached hydrogens (tertiary/aromatic N) is 3. The highest BCUT2D eigenvalue weighted by molar-refractivity contribution is 5.88. The normalized spacial score (nSPS) is 11.1. The maximum absolute atomic E-state index is 13.4. The maximum atomic E-state index is 13.4. The van der Waals surface area contributed by atoms with Crippen LogP contribution < -0.4 is 5.32 Å². The minimum absolute atomic E-state index is 0.275. The van der Waals surface area contributed by atoms with E-state index in [2.05, 4.69) is 51.5 Å². The number of fused-ring (bicyclic) bond motifs is 1. The molecule has 0 aliphatic heterocycles. The summed E-state index contributed by atoms with van der Waals surface area (Å²) < 4.78 is 13.4. The molecule has 124 valence electrons. The molecule has 0 bridgehead atoms. The van der Waals surface area contributed by atoms with E-state index in [-0.39, 0.29) is 5.82 Å². The van der Waals surface area contributed by atoms with Gasteiger partial charge in [0.25, 0.3) is 0 Å². The highest BCUT2D eigenvalue weighted by atomic mass is 19.1. The largest absolute Gasteiger partial charge is 0.369 e. The van der Waals surface area contributed by atoms with Crippen LogP contribution in [0.15, 0.2) is 54.9 Å². The highest BCUT2D eigenvalue weighted by Crippen LogP contribution is 2.19. The third kappa shape index (κ3) is 4.26. The summed E-state index contributed by atoms with van der Waals surface area (Å²) >= 11 is 0.